The normalized spacial score (nSPS) is 10.9. The molecule has 1 rings (SSSR count). The molecule has 1 amide bonds. The van der Waals surface area contributed by atoms with Crippen LogP contribution in [0.15, 0.2) is 18.2 Å². The number of halogens is 1. The molecule has 0 aromatic heterocycles. The largest absolute Gasteiger partial charge is 0.497 e. The molecule has 0 fully saturated rings. The van der Waals surface area contributed by atoms with Gasteiger partial charge in [0, 0.05) is 23.0 Å². The van der Waals surface area contributed by atoms with Crippen LogP contribution < -0.4 is 14.8 Å². The van der Waals surface area contributed by atoms with E-state index in [0.29, 0.717) is 22.9 Å². The molecule has 0 spiro atoms. The summed E-state index contributed by atoms with van der Waals surface area (Å²) in [7, 11) is 3.08. The first kappa shape index (κ1) is 14.6. The van der Waals surface area contributed by atoms with Gasteiger partial charge in [-0.15, -0.1) is 11.6 Å². The zero-order valence-corrected chi connectivity index (χ0v) is 11.8. The maximum absolute atomic E-state index is 12.1. The van der Waals surface area contributed by atoms with E-state index in [2.05, 4.69) is 5.32 Å². The van der Waals surface area contributed by atoms with Gasteiger partial charge in [0.1, 0.15) is 11.5 Å². The minimum absolute atomic E-state index is 0.210. The summed E-state index contributed by atoms with van der Waals surface area (Å²) in [4.78, 5) is 12.1. The van der Waals surface area contributed by atoms with Gasteiger partial charge < -0.3 is 14.8 Å². The van der Waals surface area contributed by atoms with Gasteiger partial charge in [-0.3, -0.25) is 4.79 Å². The van der Waals surface area contributed by atoms with Crippen molar-refractivity contribution in [1.82, 2.24) is 5.32 Å². The second-order valence-corrected chi connectivity index (χ2v) is 4.84. The van der Waals surface area contributed by atoms with E-state index in [-0.39, 0.29) is 5.91 Å². The number of rotatable bonds is 5. The van der Waals surface area contributed by atoms with Crippen molar-refractivity contribution in [1.29, 1.82) is 0 Å². The predicted molar refractivity (Wildman–Crippen MR) is 71.8 cm³/mol. The summed E-state index contributed by atoms with van der Waals surface area (Å²) in [6, 6.07) is 5.02. The molecule has 0 saturated carbocycles. The molecule has 4 nitrogen and oxygen atoms in total. The molecule has 100 valence electrons. The molecule has 0 radical (unpaired) electrons. The molecule has 18 heavy (non-hydrogen) atoms. The van der Waals surface area contributed by atoms with E-state index < -0.39 is 5.54 Å². The van der Waals surface area contributed by atoms with E-state index in [4.69, 9.17) is 21.1 Å². The molecule has 0 atom stereocenters. The first-order chi connectivity index (χ1) is 8.41. The molecule has 0 aliphatic heterocycles. The number of alkyl halides is 1. The van der Waals surface area contributed by atoms with Crippen molar-refractivity contribution >= 4 is 17.5 Å². The van der Waals surface area contributed by atoms with Gasteiger partial charge in [-0.05, 0) is 26.0 Å². The fourth-order valence-corrected chi connectivity index (χ4v) is 1.42. The first-order valence-corrected chi connectivity index (χ1v) is 6.07. The van der Waals surface area contributed by atoms with Gasteiger partial charge in [0.25, 0.3) is 5.91 Å². The van der Waals surface area contributed by atoms with Crippen molar-refractivity contribution in [3.05, 3.63) is 23.8 Å². The summed E-state index contributed by atoms with van der Waals surface area (Å²) in [5.41, 5.74) is 0.0129. The molecule has 1 aromatic carbocycles. The maximum atomic E-state index is 12.1. The van der Waals surface area contributed by atoms with Crippen LogP contribution in [0.1, 0.15) is 24.2 Å². The molecule has 0 saturated heterocycles. The molecule has 0 heterocycles. The summed E-state index contributed by atoms with van der Waals surface area (Å²) in [5.74, 6) is 1.27. The van der Waals surface area contributed by atoms with Gasteiger partial charge in [-0.2, -0.15) is 0 Å². The standard InChI is InChI=1S/C13H18ClNO3/c1-13(2,8-14)15-12(16)9-5-10(17-3)7-11(6-9)18-4/h5-7H,8H2,1-4H3,(H,15,16). The highest BCUT2D eigenvalue weighted by atomic mass is 35.5. The Hall–Kier alpha value is -1.42. The van der Waals surface area contributed by atoms with Gasteiger partial charge >= 0.3 is 0 Å². The summed E-state index contributed by atoms with van der Waals surface area (Å²) < 4.78 is 10.2. The van der Waals surface area contributed by atoms with Crippen molar-refractivity contribution in [3.8, 4) is 11.5 Å². The number of benzene rings is 1. The quantitative estimate of drug-likeness (QED) is 0.837. The third-order valence-corrected chi connectivity index (χ3v) is 3.07. The summed E-state index contributed by atoms with van der Waals surface area (Å²) in [6.07, 6.45) is 0. The highest BCUT2D eigenvalue weighted by molar-refractivity contribution is 6.18. The Morgan fingerprint density at radius 1 is 1.22 bits per heavy atom. The molecule has 0 aliphatic rings. The van der Waals surface area contributed by atoms with Gasteiger partial charge in [0.05, 0.1) is 14.2 Å². The van der Waals surface area contributed by atoms with E-state index >= 15 is 0 Å². The lowest BCUT2D eigenvalue weighted by molar-refractivity contribution is 0.0919. The number of nitrogens with one attached hydrogen (secondary N) is 1. The van der Waals surface area contributed by atoms with Gasteiger partial charge in [-0.25, -0.2) is 0 Å². The number of hydrogen-bond donors (Lipinski definition) is 1. The number of hydrogen-bond acceptors (Lipinski definition) is 3. The predicted octanol–water partition coefficient (Wildman–Crippen LogP) is 2.45. The minimum atomic E-state index is -0.463. The Morgan fingerprint density at radius 2 is 1.72 bits per heavy atom. The lowest BCUT2D eigenvalue weighted by Crippen LogP contribution is -2.44. The molecular weight excluding hydrogens is 254 g/mol. The average Bonchev–Trinajstić information content (AvgIpc) is 2.37. The average molecular weight is 272 g/mol. The van der Waals surface area contributed by atoms with Gasteiger partial charge in [-0.1, -0.05) is 0 Å². The van der Waals surface area contributed by atoms with Crippen molar-refractivity contribution in [2.45, 2.75) is 19.4 Å². The SMILES string of the molecule is COc1cc(OC)cc(C(=O)NC(C)(C)CCl)c1. The van der Waals surface area contributed by atoms with Crippen molar-refractivity contribution in [3.63, 3.8) is 0 Å². The van der Waals surface area contributed by atoms with Crippen molar-refractivity contribution in [2.24, 2.45) is 0 Å². The lowest BCUT2D eigenvalue weighted by atomic mass is 10.1. The smallest absolute Gasteiger partial charge is 0.252 e. The van der Waals surface area contributed by atoms with Crippen LogP contribution in [0, 0.1) is 0 Å². The number of amides is 1. The first-order valence-electron chi connectivity index (χ1n) is 5.53. The molecule has 5 heteroatoms. The summed E-state index contributed by atoms with van der Waals surface area (Å²) >= 11 is 5.78. The molecule has 0 unspecified atom stereocenters. The van der Waals surface area contributed by atoms with Crippen LogP contribution in [0.25, 0.3) is 0 Å². The third kappa shape index (κ3) is 3.81. The van der Waals surface area contributed by atoms with Crippen molar-refractivity contribution in [2.75, 3.05) is 20.1 Å². The Morgan fingerprint density at radius 3 is 2.11 bits per heavy atom. The molecule has 1 aromatic rings. The van der Waals surface area contributed by atoms with E-state index in [9.17, 15) is 4.79 Å². The van der Waals surface area contributed by atoms with E-state index in [1.165, 1.54) is 0 Å². The Bertz CT molecular complexity index is 410. The van der Waals surface area contributed by atoms with Crippen LogP contribution >= 0.6 is 11.6 Å². The van der Waals surface area contributed by atoms with Crippen molar-refractivity contribution < 1.29 is 14.3 Å². The Balaban J connectivity index is 2.98. The monoisotopic (exact) mass is 271 g/mol. The zero-order chi connectivity index (χ0) is 13.8. The van der Waals surface area contributed by atoms with Crippen LogP contribution in [-0.2, 0) is 0 Å². The number of carbonyl (C=O) groups excluding carboxylic acids is 1. The Kier molecular flexibility index (Phi) is 4.84. The number of carbonyl (C=O) groups is 1. The third-order valence-electron chi connectivity index (χ3n) is 2.40. The Labute approximate surface area is 112 Å². The second kappa shape index (κ2) is 5.96. The highest BCUT2D eigenvalue weighted by Gasteiger charge is 2.20. The summed E-state index contributed by atoms with van der Waals surface area (Å²) in [5, 5.41) is 2.84. The van der Waals surface area contributed by atoms with E-state index in [0.717, 1.165) is 0 Å². The maximum Gasteiger partial charge on any atom is 0.252 e. The van der Waals surface area contributed by atoms with Crippen LogP contribution in [0.4, 0.5) is 0 Å². The molecule has 0 bridgehead atoms. The lowest BCUT2D eigenvalue weighted by Gasteiger charge is -2.23. The fourth-order valence-electron chi connectivity index (χ4n) is 1.35. The number of ether oxygens (including phenoxy) is 2. The van der Waals surface area contributed by atoms with Gasteiger partial charge in [0.2, 0.25) is 0 Å². The number of methoxy groups -OCH3 is 2. The summed E-state index contributed by atoms with van der Waals surface area (Å²) in [6.45, 7) is 3.71. The van der Waals surface area contributed by atoms with Gasteiger partial charge in [0.15, 0.2) is 0 Å². The van der Waals surface area contributed by atoms with Crippen LogP contribution in [-0.4, -0.2) is 31.5 Å². The second-order valence-electron chi connectivity index (χ2n) is 4.57. The molecular formula is C13H18ClNO3. The highest BCUT2D eigenvalue weighted by Crippen LogP contribution is 2.22. The fraction of sp³-hybridized carbons (Fsp3) is 0.462. The van der Waals surface area contributed by atoms with Crippen LogP contribution in [0.3, 0.4) is 0 Å². The van der Waals surface area contributed by atoms with E-state index in [1.54, 1.807) is 32.4 Å². The van der Waals surface area contributed by atoms with E-state index in [1.807, 2.05) is 13.8 Å². The molecule has 0 aliphatic carbocycles. The van der Waals surface area contributed by atoms with Crippen LogP contribution in [0.5, 0.6) is 11.5 Å². The van der Waals surface area contributed by atoms with Crippen LogP contribution in [0.2, 0.25) is 0 Å². The minimum Gasteiger partial charge on any atom is -0.497 e. The zero-order valence-electron chi connectivity index (χ0n) is 11.0. The topological polar surface area (TPSA) is 47.6 Å². The molecule has 1 N–H and O–H groups in total.